The van der Waals surface area contributed by atoms with Crippen molar-refractivity contribution in [1.29, 1.82) is 0 Å². The monoisotopic (exact) mass is 503 g/mol. The van der Waals surface area contributed by atoms with Gasteiger partial charge in [0.15, 0.2) is 5.69 Å². The summed E-state index contributed by atoms with van der Waals surface area (Å²) in [4.78, 5) is 26.3. The Balaban J connectivity index is 1.95. The molecule has 8 nitrogen and oxygen atoms in total. The van der Waals surface area contributed by atoms with Crippen molar-refractivity contribution in [1.82, 2.24) is 14.7 Å². The number of rotatable bonds is 11. The molecule has 1 aromatic heterocycles. The Morgan fingerprint density at radius 2 is 1.75 bits per heavy atom. The van der Waals surface area contributed by atoms with Crippen molar-refractivity contribution in [2.24, 2.45) is 0 Å². The van der Waals surface area contributed by atoms with E-state index < -0.39 is 24.6 Å². The molecule has 1 saturated carbocycles. The van der Waals surface area contributed by atoms with Gasteiger partial charge in [0.1, 0.15) is 5.82 Å². The van der Waals surface area contributed by atoms with E-state index in [0.29, 0.717) is 17.8 Å². The van der Waals surface area contributed by atoms with Gasteiger partial charge < -0.3 is 20.2 Å². The first-order chi connectivity index (χ1) is 17.1. The van der Waals surface area contributed by atoms with Gasteiger partial charge in [-0.05, 0) is 62.3 Å². The SMILES string of the molecule is CC(C)c1c(C(=O)N(C)C2CCCCC2)nn(-c2ccc(F)cc2)c1CC[C@@H](O)C[C@@H](O)CC(=O)O. The Labute approximate surface area is 211 Å². The lowest BCUT2D eigenvalue weighted by atomic mass is 9.93. The van der Waals surface area contributed by atoms with Crippen LogP contribution in [0.1, 0.15) is 92.9 Å². The lowest BCUT2D eigenvalue weighted by Crippen LogP contribution is -2.39. The highest BCUT2D eigenvalue weighted by atomic mass is 19.1. The second-order valence-corrected chi connectivity index (χ2v) is 10.1. The van der Waals surface area contributed by atoms with Crippen LogP contribution in [0.4, 0.5) is 4.39 Å². The zero-order chi connectivity index (χ0) is 26.4. The molecule has 1 amide bonds. The van der Waals surface area contributed by atoms with Crippen LogP contribution in [0.25, 0.3) is 5.69 Å². The molecule has 36 heavy (non-hydrogen) atoms. The summed E-state index contributed by atoms with van der Waals surface area (Å²) in [5, 5.41) is 34.0. The van der Waals surface area contributed by atoms with Crippen LogP contribution < -0.4 is 0 Å². The molecule has 0 bridgehead atoms. The lowest BCUT2D eigenvalue weighted by Gasteiger charge is -2.31. The summed E-state index contributed by atoms with van der Waals surface area (Å²) < 4.78 is 15.3. The summed E-state index contributed by atoms with van der Waals surface area (Å²) in [5.41, 5.74) is 2.49. The van der Waals surface area contributed by atoms with Crippen LogP contribution in [-0.4, -0.2) is 67.2 Å². The molecule has 2 aromatic rings. The Morgan fingerprint density at radius 1 is 1.11 bits per heavy atom. The van der Waals surface area contributed by atoms with Gasteiger partial charge in [-0.25, -0.2) is 9.07 Å². The van der Waals surface area contributed by atoms with Crippen LogP contribution in [0, 0.1) is 5.82 Å². The first kappa shape index (κ1) is 27.8. The van der Waals surface area contributed by atoms with Gasteiger partial charge in [0.25, 0.3) is 5.91 Å². The van der Waals surface area contributed by atoms with E-state index in [1.54, 1.807) is 21.7 Å². The summed E-state index contributed by atoms with van der Waals surface area (Å²) in [6.07, 6.45) is 3.33. The average Bonchev–Trinajstić information content (AvgIpc) is 3.22. The minimum absolute atomic E-state index is 0.0392. The number of aliphatic hydroxyl groups is 2. The van der Waals surface area contributed by atoms with Gasteiger partial charge in [-0.15, -0.1) is 0 Å². The molecule has 1 fully saturated rings. The number of nitrogens with zero attached hydrogens (tertiary/aromatic N) is 3. The zero-order valence-electron chi connectivity index (χ0n) is 21.4. The van der Waals surface area contributed by atoms with Crippen molar-refractivity contribution >= 4 is 11.9 Å². The quantitative estimate of drug-likeness (QED) is 0.426. The third-order valence-electron chi connectivity index (χ3n) is 6.98. The number of aliphatic carboxylic acids is 1. The maximum Gasteiger partial charge on any atom is 0.305 e. The van der Waals surface area contributed by atoms with Crippen molar-refractivity contribution in [3.63, 3.8) is 0 Å². The maximum absolute atomic E-state index is 13.7. The van der Waals surface area contributed by atoms with Gasteiger partial charge in [0.2, 0.25) is 0 Å². The molecule has 1 aliphatic carbocycles. The summed E-state index contributed by atoms with van der Waals surface area (Å²) >= 11 is 0. The largest absolute Gasteiger partial charge is 0.481 e. The van der Waals surface area contributed by atoms with Crippen LogP contribution in [-0.2, 0) is 11.2 Å². The highest BCUT2D eigenvalue weighted by Crippen LogP contribution is 2.31. The Bertz CT molecular complexity index is 1030. The van der Waals surface area contributed by atoms with Crippen molar-refractivity contribution in [3.8, 4) is 5.69 Å². The number of carbonyl (C=O) groups excluding carboxylic acids is 1. The number of hydrogen-bond donors (Lipinski definition) is 3. The van der Waals surface area contributed by atoms with Crippen molar-refractivity contribution in [3.05, 3.63) is 47.0 Å². The predicted molar refractivity (Wildman–Crippen MR) is 134 cm³/mol. The number of carbonyl (C=O) groups is 2. The fourth-order valence-electron chi connectivity index (χ4n) is 5.09. The van der Waals surface area contributed by atoms with Crippen molar-refractivity contribution in [2.75, 3.05) is 7.05 Å². The van der Waals surface area contributed by atoms with Crippen molar-refractivity contribution < 1.29 is 29.3 Å². The molecule has 3 rings (SSSR count). The number of carboxylic acid groups (broad SMARTS) is 1. The summed E-state index contributed by atoms with van der Waals surface area (Å²) in [6, 6.07) is 6.04. The first-order valence-corrected chi connectivity index (χ1v) is 12.8. The van der Waals surface area contributed by atoms with Gasteiger partial charge in [0.05, 0.1) is 24.3 Å². The van der Waals surface area contributed by atoms with E-state index in [9.17, 15) is 24.2 Å². The minimum Gasteiger partial charge on any atom is -0.481 e. The third kappa shape index (κ3) is 6.91. The van der Waals surface area contributed by atoms with Crippen LogP contribution in [0.5, 0.6) is 0 Å². The average molecular weight is 504 g/mol. The second-order valence-electron chi connectivity index (χ2n) is 10.1. The number of benzene rings is 1. The van der Waals surface area contributed by atoms with Crippen LogP contribution in [0.2, 0.25) is 0 Å². The Hall–Kier alpha value is -2.78. The summed E-state index contributed by atoms with van der Waals surface area (Å²) in [6.45, 7) is 3.97. The molecule has 0 spiro atoms. The van der Waals surface area contributed by atoms with Gasteiger partial charge in [-0.2, -0.15) is 5.10 Å². The molecular weight excluding hydrogens is 465 g/mol. The third-order valence-corrected chi connectivity index (χ3v) is 6.98. The molecule has 198 valence electrons. The predicted octanol–water partition coefficient (Wildman–Crippen LogP) is 4.06. The maximum atomic E-state index is 13.7. The Morgan fingerprint density at radius 3 is 2.33 bits per heavy atom. The van der Waals surface area contributed by atoms with Crippen molar-refractivity contribution in [2.45, 2.75) is 95.8 Å². The second kappa shape index (κ2) is 12.5. The normalized spacial score (nSPS) is 16.2. The number of aromatic nitrogens is 2. The van der Waals surface area contributed by atoms with Crippen LogP contribution in [0.15, 0.2) is 24.3 Å². The molecule has 0 radical (unpaired) electrons. The molecule has 9 heteroatoms. The van der Waals surface area contributed by atoms with E-state index in [1.165, 1.54) is 18.6 Å². The smallest absolute Gasteiger partial charge is 0.305 e. The Kier molecular flexibility index (Phi) is 9.62. The topological polar surface area (TPSA) is 116 Å². The van der Waals surface area contributed by atoms with Crippen LogP contribution in [0.3, 0.4) is 0 Å². The van der Waals surface area contributed by atoms with E-state index in [1.807, 2.05) is 20.9 Å². The zero-order valence-corrected chi connectivity index (χ0v) is 21.4. The number of aliphatic hydroxyl groups excluding tert-OH is 2. The van der Waals surface area contributed by atoms with Crippen LogP contribution >= 0.6 is 0 Å². The van der Waals surface area contributed by atoms with E-state index in [0.717, 1.165) is 36.9 Å². The molecule has 0 saturated heterocycles. The van der Waals surface area contributed by atoms with Gasteiger partial charge >= 0.3 is 5.97 Å². The molecule has 3 N–H and O–H groups in total. The summed E-state index contributed by atoms with van der Waals surface area (Å²) in [7, 11) is 1.83. The van der Waals surface area contributed by atoms with E-state index in [2.05, 4.69) is 0 Å². The van der Waals surface area contributed by atoms with Gasteiger partial charge in [-0.3, -0.25) is 9.59 Å². The molecule has 1 aliphatic rings. The highest BCUT2D eigenvalue weighted by molar-refractivity contribution is 5.94. The molecule has 1 heterocycles. The lowest BCUT2D eigenvalue weighted by molar-refractivity contribution is -0.139. The fraction of sp³-hybridized carbons (Fsp3) is 0.593. The summed E-state index contributed by atoms with van der Waals surface area (Å²) in [5.74, 6) is -1.70. The van der Waals surface area contributed by atoms with Gasteiger partial charge in [0, 0.05) is 24.3 Å². The van der Waals surface area contributed by atoms with E-state index in [4.69, 9.17) is 10.2 Å². The highest BCUT2D eigenvalue weighted by Gasteiger charge is 2.31. The molecule has 0 unspecified atom stereocenters. The number of amides is 1. The molecular formula is C27H38FN3O5. The van der Waals surface area contributed by atoms with Gasteiger partial charge in [-0.1, -0.05) is 33.1 Å². The number of hydrogen-bond acceptors (Lipinski definition) is 5. The number of halogens is 1. The fourth-order valence-corrected chi connectivity index (χ4v) is 5.09. The van der Waals surface area contributed by atoms with E-state index in [-0.39, 0.29) is 36.5 Å². The minimum atomic E-state index is -1.15. The molecule has 1 aromatic carbocycles. The molecule has 2 atom stereocenters. The standard InChI is InChI=1S/C27H38FN3O5/c1-17(2)25-23(14-13-21(32)15-22(33)16-24(34)35)31(20-11-9-18(28)10-12-20)29-26(25)27(36)30(3)19-7-5-4-6-8-19/h9-12,17,19,21-22,32-33H,4-8,13-16H2,1-3H3,(H,34,35)/t21-,22-/m1/s1. The van der Waals surface area contributed by atoms with E-state index >= 15 is 0 Å². The molecule has 0 aliphatic heterocycles. The number of carboxylic acids is 1. The first-order valence-electron chi connectivity index (χ1n) is 12.8.